The van der Waals surface area contributed by atoms with Gasteiger partial charge >= 0.3 is 0 Å². The molecule has 16 heavy (non-hydrogen) atoms. The molecule has 0 aliphatic carbocycles. The van der Waals surface area contributed by atoms with Crippen molar-refractivity contribution in [1.82, 2.24) is 9.71 Å². The predicted molar refractivity (Wildman–Crippen MR) is 62.4 cm³/mol. The van der Waals surface area contributed by atoms with Crippen LogP contribution in [0.1, 0.15) is 6.42 Å². The van der Waals surface area contributed by atoms with Gasteiger partial charge in [0.2, 0.25) is 10.0 Å². The van der Waals surface area contributed by atoms with Crippen LogP contribution in [0.3, 0.4) is 0 Å². The molecule has 0 atom stereocenters. The number of nitriles is 1. The Hall–Kier alpha value is -0.680. The van der Waals surface area contributed by atoms with E-state index in [1.807, 2.05) is 6.07 Å². The highest BCUT2D eigenvalue weighted by Gasteiger charge is 2.18. The monoisotopic (exact) mass is 323 g/mol. The van der Waals surface area contributed by atoms with E-state index >= 15 is 0 Å². The Morgan fingerprint density at radius 3 is 2.94 bits per heavy atom. The first-order chi connectivity index (χ1) is 7.47. The smallest absolute Gasteiger partial charge is 0.242 e. The lowest BCUT2D eigenvalue weighted by Gasteiger charge is -2.06. The van der Waals surface area contributed by atoms with E-state index in [1.54, 1.807) is 0 Å². The molecule has 1 heterocycles. The van der Waals surface area contributed by atoms with E-state index in [0.717, 1.165) is 0 Å². The number of hydrogen-bond acceptors (Lipinski definition) is 4. The SMILES string of the molecule is N#CCCNS(=O)(=O)c1cc(Br)cnc1Cl. The van der Waals surface area contributed by atoms with Crippen LogP contribution in [-0.2, 0) is 10.0 Å². The maximum atomic E-state index is 11.7. The van der Waals surface area contributed by atoms with Crippen molar-refractivity contribution in [2.75, 3.05) is 6.54 Å². The Bertz CT molecular complexity index is 527. The van der Waals surface area contributed by atoms with Gasteiger partial charge in [-0.3, -0.25) is 0 Å². The number of sulfonamides is 1. The van der Waals surface area contributed by atoms with E-state index in [0.29, 0.717) is 4.47 Å². The Labute approximate surface area is 107 Å². The van der Waals surface area contributed by atoms with Crippen LogP contribution in [0.25, 0.3) is 0 Å². The van der Waals surface area contributed by atoms with Crippen LogP contribution in [0.5, 0.6) is 0 Å². The van der Waals surface area contributed by atoms with Gasteiger partial charge in [0.05, 0.1) is 6.07 Å². The standard InChI is InChI=1S/C8H7BrClN3O2S/c9-6-4-7(8(10)12-5-6)16(14,15)13-3-1-2-11/h4-5,13H,1,3H2. The molecule has 0 fully saturated rings. The van der Waals surface area contributed by atoms with Gasteiger partial charge < -0.3 is 0 Å². The average Bonchev–Trinajstić information content (AvgIpc) is 2.22. The summed E-state index contributed by atoms with van der Waals surface area (Å²) in [5.74, 6) is 0. The number of aromatic nitrogens is 1. The van der Waals surface area contributed by atoms with Crippen LogP contribution in [0.4, 0.5) is 0 Å². The van der Waals surface area contributed by atoms with E-state index in [-0.39, 0.29) is 23.0 Å². The highest BCUT2D eigenvalue weighted by molar-refractivity contribution is 9.10. The van der Waals surface area contributed by atoms with Gasteiger partial charge in [0.25, 0.3) is 0 Å². The molecular formula is C8H7BrClN3O2S. The topological polar surface area (TPSA) is 82.9 Å². The fraction of sp³-hybridized carbons (Fsp3) is 0.250. The summed E-state index contributed by atoms with van der Waals surface area (Å²) in [6.45, 7) is 0.0433. The van der Waals surface area contributed by atoms with Crippen molar-refractivity contribution in [1.29, 1.82) is 5.26 Å². The number of rotatable bonds is 4. The van der Waals surface area contributed by atoms with Crippen molar-refractivity contribution in [2.24, 2.45) is 0 Å². The second-order valence-corrected chi connectivity index (χ2v) is 5.76. The molecule has 0 aliphatic heterocycles. The van der Waals surface area contributed by atoms with Crippen LogP contribution in [0.2, 0.25) is 5.15 Å². The van der Waals surface area contributed by atoms with Crippen LogP contribution in [0, 0.1) is 11.3 Å². The van der Waals surface area contributed by atoms with Gasteiger partial charge in [0, 0.05) is 23.6 Å². The minimum atomic E-state index is -3.71. The number of halogens is 2. The quantitative estimate of drug-likeness (QED) is 0.675. The minimum Gasteiger partial charge on any atom is -0.242 e. The Balaban J connectivity index is 2.99. The maximum Gasteiger partial charge on any atom is 0.243 e. The molecule has 1 N–H and O–H groups in total. The Morgan fingerprint density at radius 2 is 2.31 bits per heavy atom. The van der Waals surface area contributed by atoms with Crippen molar-refractivity contribution in [2.45, 2.75) is 11.3 Å². The minimum absolute atomic E-state index is 0.0433. The molecule has 8 heteroatoms. The molecule has 0 saturated carbocycles. The first-order valence-corrected chi connectivity index (χ1v) is 6.80. The van der Waals surface area contributed by atoms with Crippen molar-refractivity contribution in [3.63, 3.8) is 0 Å². The third-order valence-corrected chi connectivity index (χ3v) is 3.91. The first kappa shape index (κ1) is 13.4. The summed E-state index contributed by atoms with van der Waals surface area (Å²) < 4.78 is 26.2. The summed E-state index contributed by atoms with van der Waals surface area (Å²) in [7, 11) is -3.71. The summed E-state index contributed by atoms with van der Waals surface area (Å²) in [4.78, 5) is 3.60. The molecule has 1 aromatic heterocycles. The maximum absolute atomic E-state index is 11.7. The van der Waals surface area contributed by atoms with Gasteiger partial charge in [0.15, 0.2) is 0 Å². The van der Waals surface area contributed by atoms with E-state index in [4.69, 9.17) is 16.9 Å². The summed E-state index contributed by atoms with van der Waals surface area (Å²) in [5.41, 5.74) is 0. The van der Waals surface area contributed by atoms with Gasteiger partial charge in [-0.2, -0.15) is 5.26 Å². The third-order valence-electron chi connectivity index (χ3n) is 1.59. The van der Waals surface area contributed by atoms with Crippen molar-refractivity contribution in [3.8, 4) is 6.07 Å². The number of hydrogen-bond donors (Lipinski definition) is 1. The highest BCUT2D eigenvalue weighted by Crippen LogP contribution is 2.22. The zero-order chi connectivity index (χ0) is 12.2. The molecule has 0 saturated heterocycles. The van der Waals surface area contributed by atoms with E-state index in [2.05, 4.69) is 25.6 Å². The normalized spacial score (nSPS) is 11.1. The summed E-state index contributed by atoms with van der Waals surface area (Å²) in [6.07, 6.45) is 1.49. The number of nitrogens with one attached hydrogen (secondary N) is 1. The molecule has 1 rings (SSSR count). The second kappa shape index (κ2) is 5.59. The van der Waals surface area contributed by atoms with Crippen molar-refractivity contribution in [3.05, 3.63) is 21.9 Å². The summed E-state index contributed by atoms with van der Waals surface area (Å²) in [5, 5.41) is 8.20. The molecule has 0 aromatic carbocycles. The lowest BCUT2D eigenvalue weighted by Crippen LogP contribution is -2.25. The zero-order valence-corrected chi connectivity index (χ0v) is 11.1. The number of nitrogens with zero attached hydrogens (tertiary/aromatic N) is 2. The van der Waals surface area contributed by atoms with Gasteiger partial charge in [-0.05, 0) is 22.0 Å². The average molecular weight is 325 g/mol. The second-order valence-electron chi connectivity index (χ2n) is 2.75. The summed E-state index contributed by atoms with van der Waals surface area (Å²) >= 11 is 8.78. The largest absolute Gasteiger partial charge is 0.243 e. The van der Waals surface area contributed by atoms with E-state index < -0.39 is 10.0 Å². The van der Waals surface area contributed by atoms with Crippen LogP contribution < -0.4 is 4.72 Å². The van der Waals surface area contributed by atoms with Crippen LogP contribution in [0.15, 0.2) is 21.6 Å². The molecule has 5 nitrogen and oxygen atoms in total. The molecule has 0 aliphatic rings. The molecule has 0 spiro atoms. The third kappa shape index (κ3) is 3.42. The fourth-order valence-electron chi connectivity index (χ4n) is 0.912. The van der Waals surface area contributed by atoms with E-state index in [1.165, 1.54) is 12.3 Å². The lowest BCUT2D eigenvalue weighted by molar-refractivity contribution is 0.582. The van der Waals surface area contributed by atoms with Crippen LogP contribution >= 0.6 is 27.5 Å². The number of pyridine rings is 1. The molecule has 86 valence electrons. The molecule has 0 bridgehead atoms. The predicted octanol–water partition coefficient (Wildman–Crippen LogP) is 1.69. The van der Waals surface area contributed by atoms with Crippen LogP contribution in [-0.4, -0.2) is 19.9 Å². The lowest BCUT2D eigenvalue weighted by atomic mass is 10.5. The van der Waals surface area contributed by atoms with Gasteiger partial charge in [-0.15, -0.1) is 0 Å². The molecule has 1 aromatic rings. The molecule has 0 radical (unpaired) electrons. The molecule has 0 amide bonds. The zero-order valence-electron chi connectivity index (χ0n) is 7.94. The molecule has 0 unspecified atom stereocenters. The van der Waals surface area contributed by atoms with Crippen molar-refractivity contribution >= 4 is 37.6 Å². The summed E-state index contributed by atoms with van der Waals surface area (Å²) in [6, 6.07) is 3.18. The van der Waals surface area contributed by atoms with Gasteiger partial charge in [-0.25, -0.2) is 18.1 Å². The van der Waals surface area contributed by atoms with Gasteiger partial charge in [0.1, 0.15) is 10.0 Å². The first-order valence-electron chi connectivity index (χ1n) is 4.15. The van der Waals surface area contributed by atoms with Gasteiger partial charge in [-0.1, -0.05) is 11.6 Å². The molecular weight excluding hydrogens is 318 g/mol. The van der Waals surface area contributed by atoms with E-state index in [9.17, 15) is 8.42 Å². The Morgan fingerprint density at radius 1 is 1.62 bits per heavy atom. The Kier molecular flexibility index (Phi) is 4.68. The highest BCUT2D eigenvalue weighted by atomic mass is 79.9. The van der Waals surface area contributed by atoms with Crippen molar-refractivity contribution < 1.29 is 8.42 Å². The fourth-order valence-corrected chi connectivity index (χ4v) is 2.89.